The van der Waals surface area contributed by atoms with Gasteiger partial charge in [-0.15, -0.1) is 11.3 Å². The zero-order valence-electron chi connectivity index (χ0n) is 16.0. The van der Waals surface area contributed by atoms with Gasteiger partial charge in [0.2, 0.25) is 0 Å². The number of fused-ring (bicyclic) bond motifs is 1. The molecule has 2 saturated heterocycles. The largest absolute Gasteiger partial charge is 0.467 e. The molecule has 6 heteroatoms. The SMILES string of the molecule is CN1CC(C2CC(c3nc4c(s3)[C@H](B3OC(C)(C)C(C)(C)O3)C4)C2)C1. The molecule has 0 N–H and O–H groups in total. The average molecular weight is 360 g/mol. The monoisotopic (exact) mass is 360 g/mol. The lowest BCUT2D eigenvalue weighted by Crippen LogP contribution is -2.50. The molecular formula is C19H29BN2O2S. The third-order valence-electron chi connectivity index (χ3n) is 7.38. The Morgan fingerprint density at radius 1 is 1.08 bits per heavy atom. The summed E-state index contributed by atoms with van der Waals surface area (Å²) in [4.78, 5) is 8.83. The molecular weight excluding hydrogens is 331 g/mol. The van der Waals surface area contributed by atoms with Gasteiger partial charge in [-0.1, -0.05) is 0 Å². The van der Waals surface area contributed by atoms with Crippen LogP contribution in [0.2, 0.25) is 0 Å². The smallest absolute Gasteiger partial charge is 0.403 e. The molecule has 3 heterocycles. The highest BCUT2D eigenvalue weighted by atomic mass is 32.1. The lowest BCUT2D eigenvalue weighted by molar-refractivity contribution is 0.00578. The van der Waals surface area contributed by atoms with E-state index in [2.05, 4.69) is 39.6 Å². The third kappa shape index (κ3) is 2.48. The normalized spacial score (nSPS) is 36.5. The summed E-state index contributed by atoms with van der Waals surface area (Å²) in [6.45, 7) is 11.1. The van der Waals surface area contributed by atoms with Gasteiger partial charge in [-0.05, 0) is 65.8 Å². The first-order valence-corrected chi connectivity index (χ1v) is 10.6. The van der Waals surface area contributed by atoms with Crippen molar-refractivity contribution in [1.29, 1.82) is 0 Å². The van der Waals surface area contributed by atoms with E-state index in [9.17, 15) is 0 Å². The Hall–Kier alpha value is -0.425. The molecule has 1 saturated carbocycles. The van der Waals surface area contributed by atoms with Gasteiger partial charge >= 0.3 is 7.12 Å². The molecule has 0 spiro atoms. The molecule has 1 aromatic rings. The Kier molecular flexibility index (Phi) is 3.55. The van der Waals surface area contributed by atoms with Crippen LogP contribution in [0.25, 0.3) is 0 Å². The first-order valence-electron chi connectivity index (χ1n) is 9.77. The molecule has 1 aromatic heterocycles. The minimum Gasteiger partial charge on any atom is -0.403 e. The number of hydrogen-bond acceptors (Lipinski definition) is 5. The first kappa shape index (κ1) is 16.7. The van der Waals surface area contributed by atoms with E-state index in [1.807, 2.05) is 11.3 Å². The summed E-state index contributed by atoms with van der Waals surface area (Å²) >= 11 is 1.94. The molecule has 0 radical (unpaired) electrons. The van der Waals surface area contributed by atoms with Gasteiger partial charge in [0.1, 0.15) is 0 Å². The fourth-order valence-electron chi connectivity index (χ4n) is 4.73. The van der Waals surface area contributed by atoms with E-state index in [0.717, 1.165) is 18.3 Å². The molecule has 25 heavy (non-hydrogen) atoms. The summed E-state index contributed by atoms with van der Waals surface area (Å²) < 4.78 is 12.5. The molecule has 136 valence electrons. The van der Waals surface area contributed by atoms with Crippen LogP contribution in [0.1, 0.15) is 67.9 Å². The van der Waals surface area contributed by atoms with Crippen LogP contribution in [0, 0.1) is 11.8 Å². The Balaban J connectivity index is 1.23. The molecule has 0 amide bonds. The van der Waals surface area contributed by atoms with Crippen LogP contribution in [-0.2, 0) is 15.7 Å². The predicted octanol–water partition coefficient (Wildman–Crippen LogP) is 3.47. The average Bonchev–Trinajstić information content (AvgIpc) is 2.82. The number of hydrogen-bond donors (Lipinski definition) is 0. The standard InChI is InChI=1S/C19H29BN2O2S/c1-18(2)19(3,4)24-20(23-18)14-8-15-16(14)25-17(21-15)12-6-11(7-12)13-9-22(5)10-13/h11-14H,6-10H2,1-5H3/t11?,12?,14-/m1/s1. The third-order valence-corrected chi connectivity index (χ3v) is 8.77. The van der Waals surface area contributed by atoms with Crippen LogP contribution in [0.4, 0.5) is 0 Å². The van der Waals surface area contributed by atoms with Gasteiger partial charge < -0.3 is 14.2 Å². The van der Waals surface area contributed by atoms with Crippen molar-refractivity contribution in [1.82, 2.24) is 9.88 Å². The van der Waals surface area contributed by atoms with Gasteiger partial charge in [0.25, 0.3) is 0 Å². The van der Waals surface area contributed by atoms with Gasteiger partial charge in [0.05, 0.1) is 21.9 Å². The van der Waals surface area contributed by atoms with Crippen LogP contribution < -0.4 is 0 Å². The summed E-state index contributed by atoms with van der Waals surface area (Å²) in [6.07, 6.45) is 3.73. The van der Waals surface area contributed by atoms with E-state index in [1.54, 1.807) is 0 Å². The van der Waals surface area contributed by atoms with Crippen molar-refractivity contribution in [3.63, 3.8) is 0 Å². The van der Waals surface area contributed by atoms with Gasteiger partial charge in [0, 0.05) is 29.7 Å². The fourth-order valence-corrected chi connectivity index (χ4v) is 6.06. The van der Waals surface area contributed by atoms with Crippen molar-refractivity contribution in [3.8, 4) is 0 Å². The zero-order valence-corrected chi connectivity index (χ0v) is 16.9. The van der Waals surface area contributed by atoms with Gasteiger partial charge in [-0.3, -0.25) is 0 Å². The molecule has 5 rings (SSSR count). The van der Waals surface area contributed by atoms with E-state index >= 15 is 0 Å². The number of likely N-dealkylation sites (tertiary alicyclic amines) is 1. The summed E-state index contributed by atoms with van der Waals surface area (Å²) in [7, 11) is 2.12. The van der Waals surface area contributed by atoms with Crippen molar-refractivity contribution >= 4 is 18.5 Å². The Labute approximate surface area is 155 Å². The van der Waals surface area contributed by atoms with Gasteiger partial charge in [0.15, 0.2) is 0 Å². The van der Waals surface area contributed by atoms with E-state index in [4.69, 9.17) is 14.3 Å². The first-order chi connectivity index (χ1) is 11.7. The van der Waals surface area contributed by atoms with E-state index in [-0.39, 0.29) is 18.3 Å². The van der Waals surface area contributed by atoms with Gasteiger partial charge in [-0.25, -0.2) is 4.98 Å². The minimum absolute atomic E-state index is 0.106. The van der Waals surface area contributed by atoms with Crippen LogP contribution in [0.5, 0.6) is 0 Å². The number of nitrogens with zero attached hydrogens (tertiary/aromatic N) is 2. The predicted molar refractivity (Wildman–Crippen MR) is 101 cm³/mol. The highest BCUT2D eigenvalue weighted by molar-refractivity contribution is 7.12. The Bertz CT molecular complexity index is 676. The maximum Gasteiger partial charge on any atom is 0.467 e. The zero-order chi connectivity index (χ0) is 17.6. The minimum atomic E-state index is -0.238. The Morgan fingerprint density at radius 2 is 1.72 bits per heavy atom. The van der Waals surface area contributed by atoms with Crippen LogP contribution in [0.3, 0.4) is 0 Å². The van der Waals surface area contributed by atoms with Crippen molar-refractivity contribution in [2.24, 2.45) is 11.8 Å². The molecule has 3 fully saturated rings. The van der Waals surface area contributed by atoms with Gasteiger partial charge in [-0.2, -0.15) is 0 Å². The molecule has 0 unspecified atom stereocenters. The maximum absolute atomic E-state index is 6.27. The molecule has 4 nitrogen and oxygen atoms in total. The second kappa shape index (κ2) is 5.31. The van der Waals surface area contributed by atoms with Crippen LogP contribution in [0.15, 0.2) is 0 Å². The highest BCUT2D eigenvalue weighted by Gasteiger charge is 2.57. The molecule has 0 aromatic carbocycles. The maximum atomic E-state index is 6.27. The van der Waals surface area contributed by atoms with Crippen molar-refractivity contribution in [3.05, 3.63) is 15.6 Å². The van der Waals surface area contributed by atoms with Crippen molar-refractivity contribution in [2.45, 2.75) is 69.9 Å². The highest BCUT2D eigenvalue weighted by Crippen LogP contribution is 2.53. The number of rotatable bonds is 3. The van der Waals surface area contributed by atoms with Crippen molar-refractivity contribution < 1.29 is 9.31 Å². The summed E-state index contributed by atoms with van der Waals surface area (Å²) in [5.74, 6) is 2.99. The summed E-state index contributed by atoms with van der Waals surface area (Å²) in [5.41, 5.74) is 0.836. The second-order valence-electron chi connectivity index (χ2n) is 9.71. The molecule has 2 aliphatic carbocycles. The van der Waals surface area contributed by atoms with E-state index < -0.39 is 0 Å². The molecule has 0 bridgehead atoms. The lowest BCUT2D eigenvalue weighted by Gasteiger charge is -2.47. The van der Waals surface area contributed by atoms with Crippen molar-refractivity contribution in [2.75, 3.05) is 20.1 Å². The number of aromatic nitrogens is 1. The quantitative estimate of drug-likeness (QED) is 0.773. The molecule has 1 atom stereocenters. The van der Waals surface area contributed by atoms with Crippen LogP contribution in [-0.4, -0.2) is 48.3 Å². The summed E-state index contributed by atoms with van der Waals surface area (Å²) in [5, 5.41) is 1.38. The molecule has 4 aliphatic rings. The Morgan fingerprint density at radius 3 is 2.32 bits per heavy atom. The van der Waals surface area contributed by atoms with Crippen LogP contribution >= 0.6 is 11.3 Å². The van der Waals surface area contributed by atoms with E-state index in [0.29, 0.717) is 11.7 Å². The summed E-state index contributed by atoms with van der Waals surface area (Å²) in [6, 6.07) is 0. The molecule has 2 aliphatic heterocycles. The number of thiazole rings is 1. The topological polar surface area (TPSA) is 34.6 Å². The lowest BCUT2D eigenvalue weighted by atomic mass is 9.62. The van der Waals surface area contributed by atoms with E-state index in [1.165, 1.54) is 41.5 Å². The second-order valence-corrected chi connectivity index (χ2v) is 10.8. The fraction of sp³-hybridized carbons (Fsp3) is 0.842.